The molecule has 2 nitrogen and oxygen atoms in total. The molecule has 2 atom stereocenters. The van der Waals surface area contributed by atoms with Crippen molar-refractivity contribution in [1.29, 1.82) is 0 Å². The molecular weight excluding hydrogens is 299 g/mol. The maximum atomic E-state index is 13.1. The Hall–Kier alpha value is -2.13. The molecule has 0 aliphatic heterocycles. The standard InChI is InChI=1S/C21H23FN2/c22-17-10-8-15(9-11-17)13-24-14-20(16-4-3-5-18(23)12-16)19-6-1-2-7-21(19)24/h1-2,6-11,14,16,18H,3-5,12-13,23H2. The van der Waals surface area contributed by atoms with Crippen molar-refractivity contribution in [2.24, 2.45) is 5.73 Å². The number of para-hydroxylation sites is 1. The summed E-state index contributed by atoms with van der Waals surface area (Å²) in [4.78, 5) is 0. The Balaban J connectivity index is 1.72. The third kappa shape index (κ3) is 2.96. The molecule has 0 bridgehead atoms. The molecule has 1 saturated carbocycles. The van der Waals surface area contributed by atoms with Crippen LogP contribution in [-0.2, 0) is 6.54 Å². The van der Waals surface area contributed by atoms with Gasteiger partial charge in [0.25, 0.3) is 0 Å². The maximum Gasteiger partial charge on any atom is 0.123 e. The van der Waals surface area contributed by atoms with E-state index >= 15 is 0 Å². The lowest BCUT2D eigenvalue weighted by molar-refractivity contribution is 0.394. The molecule has 1 aliphatic carbocycles. The molecule has 3 heteroatoms. The first-order valence-corrected chi connectivity index (χ1v) is 8.78. The molecule has 124 valence electrons. The second kappa shape index (κ2) is 6.40. The number of rotatable bonds is 3. The van der Waals surface area contributed by atoms with Crippen molar-refractivity contribution in [2.75, 3.05) is 0 Å². The molecule has 2 aromatic carbocycles. The van der Waals surface area contributed by atoms with Gasteiger partial charge in [-0.25, -0.2) is 4.39 Å². The number of nitrogens with two attached hydrogens (primary N) is 1. The number of halogens is 1. The van der Waals surface area contributed by atoms with Crippen molar-refractivity contribution >= 4 is 10.9 Å². The molecule has 1 aromatic heterocycles. The quantitative estimate of drug-likeness (QED) is 0.737. The third-order valence-electron chi connectivity index (χ3n) is 5.24. The van der Waals surface area contributed by atoms with Crippen LogP contribution in [0.25, 0.3) is 10.9 Å². The highest BCUT2D eigenvalue weighted by molar-refractivity contribution is 5.84. The highest BCUT2D eigenvalue weighted by atomic mass is 19.1. The number of aromatic nitrogens is 1. The zero-order valence-electron chi connectivity index (χ0n) is 13.8. The van der Waals surface area contributed by atoms with Gasteiger partial charge in [-0.05, 0) is 54.5 Å². The number of fused-ring (bicyclic) bond motifs is 1. The molecule has 1 heterocycles. The van der Waals surface area contributed by atoms with Crippen molar-refractivity contribution in [3.63, 3.8) is 0 Å². The van der Waals surface area contributed by atoms with Gasteiger partial charge in [-0.2, -0.15) is 0 Å². The van der Waals surface area contributed by atoms with E-state index in [1.807, 2.05) is 12.1 Å². The molecule has 0 amide bonds. The van der Waals surface area contributed by atoms with E-state index in [4.69, 9.17) is 5.73 Å². The Morgan fingerprint density at radius 2 is 1.83 bits per heavy atom. The highest BCUT2D eigenvalue weighted by Gasteiger charge is 2.23. The monoisotopic (exact) mass is 322 g/mol. The lowest BCUT2D eigenvalue weighted by atomic mass is 9.81. The van der Waals surface area contributed by atoms with Gasteiger partial charge in [0.1, 0.15) is 5.82 Å². The maximum absolute atomic E-state index is 13.1. The number of benzene rings is 2. The Labute approximate surface area is 142 Å². The fraction of sp³-hybridized carbons (Fsp3) is 0.333. The van der Waals surface area contributed by atoms with Gasteiger partial charge >= 0.3 is 0 Å². The van der Waals surface area contributed by atoms with E-state index in [1.54, 1.807) is 0 Å². The fourth-order valence-corrected chi connectivity index (χ4v) is 4.03. The van der Waals surface area contributed by atoms with E-state index in [0.29, 0.717) is 12.0 Å². The Morgan fingerprint density at radius 1 is 1.04 bits per heavy atom. The highest BCUT2D eigenvalue weighted by Crippen LogP contribution is 2.37. The molecule has 0 spiro atoms. The third-order valence-corrected chi connectivity index (χ3v) is 5.24. The first-order chi connectivity index (χ1) is 11.7. The van der Waals surface area contributed by atoms with Gasteiger partial charge in [-0.3, -0.25) is 0 Å². The van der Waals surface area contributed by atoms with Gasteiger partial charge in [-0.1, -0.05) is 36.8 Å². The lowest BCUT2D eigenvalue weighted by Gasteiger charge is -2.26. The van der Waals surface area contributed by atoms with E-state index in [9.17, 15) is 4.39 Å². The number of nitrogens with zero attached hydrogens (tertiary/aromatic N) is 1. The topological polar surface area (TPSA) is 30.9 Å². The molecule has 0 saturated heterocycles. The first kappa shape index (κ1) is 15.4. The minimum Gasteiger partial charge on any atom is -0.343 e. The summed E-state index contributed by atoms with van der Waals surface area (Å²) in [5.74, 6) is 0.362. The van der Waals surface area contributed by atoms with Crippen LogP contribution in [-0.4, -0.2) is 10.6 Å². The Morgan fingerprint density at radius 3 is 2.62 bits per heavy atom. The SMILES string of the molecule is NC1CCCC(c2cn(Cc3ccc(F)cc3)c3ccccc23)C1. The first-order valence-electron chi connectivity index (χ1n) is 8.78. The lowest BCUT2D eigenvalue weighted by Crippen LogP contribution is -2.26. The minimum atomic E-state index is -0.187. The van der Waals surface area contributed by atoms with Gasteiger partial charge in [0.2, 0.25) is 0 Å². The van der Waals surface area contributed by atoms with Gasteiger partial charge in [0.05, 0.1) is 0 Å². The molecule has 1 fully saturated rings. The second-order valence-electron chi connectivity index (χ2n) is 6.98. The summed E-state index contributed by atoms with van der Waals surface area (Å²) in [6, 6.07) is 15.7. The molecule has 0 radical (unpaired) electrons. The predicted octanol–water partition coefficient (Wildman–Crippen LogP) is 4.81. The van der Waals surface area contributed by atoms with Crippen LogP contribution in [0.2, 0.25) is 0 Å². The molecule has 3 aromatic rings. The zero-order chi connectivity index (χ0) is 16.5. The summed E-state index contributed by atoms with van der Waals surface area (Å²) in [6.45, 7) is 0.763. The van der Waals surface area contributed by atoms with Crippen LogP contribution in [0.4, 0.5) is 4.39 Å². The summed E-state index contributed by atoms with van der Waals surface area (Å²) in [5.41, 5.74) is 9.99. The minimum absolute atomic E-state index is 0.187. The number of hydrogen-bond acceptors (Lipinski definition) is 1. The largest absolute Gasteiger partial charge is 0.343 e. The van der Waals surface area contributed by atoms with Crippen LogP contribution < -0.4 is 5.73 Å². The van der Waals surface area contributed by atoms with Crippen LogP contribution in [0.1, 0.15) is 42.7 Å². The van der Waals surface area contributed by atoms with E-state index in [1.165, 1.54) is 41.4 Å². The average molecular weight is 322 g/mol. The van der Waals surface area contributed by atoms with Gasteiger partial charge in [0.15, 0.2) is 0 Å². The number of hydrogen-bond donors (Lipinski definition) is 1. The average Bonchev–Trinajstić information content (AvgIpc) is 2.96. The van der Waals surface area contributed by atoms with Gasteiger partial charge < -0.3 is 10.3 Å². The summed E-state index contributed by atoms with van der Waals surface area (Å²) in [7, 11) is 0. The smallest absolute Gasteiger partial charge is 0.123 e. The van der Waals surface area contributed by atoms with Crippen LogP contribution in [0.3, 0.4) is 0 Å². The summed E-state index contributed by atoms with van der Waals surface area (Å²) < 4.78 is 15.4. The van der Waals surface area contributed by atoms with Crippen molar-refractivity contribution in [3.8, 4) is 0 Å². The van der Waals surface area contributed by atoms with E-state index in [0.717, 1.165) is 24.9 Å². The van der Waals surface area contributed by atoms with Crippen LogP contribution >= 0.6 is 0 Å². The van der Waals surface area contributed by atoms with Crippen LogP contribution in [0, 0.1) is 5.82 Å². The van der Waals surface area contributed by atoms with E-state index < -0.39 is 0 Å². The molecule has 1 aliphatic rings. The molecular formula is C21H23FN2. The Bertz CT molecular complexity index is 835. The summed E-state index contributed by atoms with van der Waals surface area (Å²) in [5, 5.41) is 1.33. The van der Waals surface area contributed by atoms with Gasteiger partial charge in [-0.15, -0.1) is 0 Å². The van der Waals surface area contributed by atoms with Crippen molar-refractivity contribution < 1.29 is 4.39 Å². The fourth-order valence-electron chi connectivity index (χ4n) is 4.03. The van der Waals surface area contributed by atoms with Gasteiger partial charge in [0, 0.05) is 29.7 Å². The molecule has 2 unspecified atom stereocenters. The van der Waals surface area contributed by atoms with E-state index in [-0.39, 0.29) is 5.82 Å². The molecule has 24 heavy (non-hydrogen) atoms. The summed E-state index contributed by atoms with van der Waals surface area (Å²) >= 11 is 0. The molecule has 4 rings (SSSR count). The Kier molecular flexibility index (Phi) is 4.11. The predicted molar refractivity (Wildman–Crippen MR) is 96.6 cm³/mol. The van der Waals surface area contributed by atoms with Crippen LogP contribution in [0.15, 0.2) is 54.7 Å². The molecule has 2 N–H and O–H groups in total. The zero-order valence-corrected chi connectivity index (χ0v) is 13.8. The second-order valence-corrected chi connectivity index (χ2v) is 6.98. The van der Waals surface area contributed by atoms with Crippen molar-refractivity contribution in [1.82, 2.24) is 4.57 Å². The summed E-state index contributed by atoms with van der Waals surface area (Å²) in [6.07, 6.45) is 6.94. The normalized spacial score (nSPS) is 21.2. The van der Waals surface area contributed by atoms with Crippen molar-refractivity contribution in [3.05, 3.63) is 71.7 Å². The van der Waals surface area contributed by atoms with Crippen LogP contribution in [0.5, 0.6) is 0 Å². The van der Waals surface area contributed by atoms with Crippen molar-refractivity contribution in [2.45, 2.75) is 44.2 Å². The van der Waals surface area contributed by atoms with E-state index in [2.05, 4.69) is 35.0 Å².